The molecular formula is C17H16N2O4. The number of phenols is 1. The lowest BCUT2D eigenvalue weighted by molar-refractivity contribution is -0.384. The molecule has 0 aliphatic rings. The van der Waals surface area contributed by atoms with Gasteiger partial charge in [-0.05, 0) is 24.6 Å². The van der Waals surface area contributed by atoms with Gasteiger partial charge in [-0.25, -0.2) is 0 Å². The van der Waals surface area contributed by atoms with E-state index >= 15 is 0 Å². The maximum Gasteiger partial charge on any atom is 0.270 e. The first kappa shape index (κ1) is 16.2. The molecule has 0 atom stereocenters. The second-order valence-electron chi connectivity index (χ2n) is 5.04. The van der Waals surface area contributed by atoms with Gasteiger partial charge in [0.1, 0.15) is 5.75 Å². The summed E-state index contributed by atoms with van der Waals surface area (Å²) in [6, 6.07) is 11.4. The Morgan fingerprint density at radius 3 is 2.78 bits per heavy atom. The first-order valence-corrected chi connectivity index (χ1v) is 6.94. The fourth-order valence-electron chi connectivity index (χ4n) is 2.01. The van der Waals surface area contributed by atoms with Crippen molar-refractivity contribution < 1.29 is 14.8 Å². The molecule has 0 aromatic heterocycles. The highest BCUT2D eigenvalue weighted by molar-refractivity contribution is 5.91. The maximum absolute atomic E-state index is 11.8. The molecule has 0 aliphatic carbocycles. The first-order chi connectivity index (χ1) is 11.0. The normalized spacial score (nSPS) is 10.7. The van der Waals surface area contributed by atoms with Crippen molar-refractivity contribution in [2.45, 2.75) is 13.5 Å². The highest BCUT2D eigenvalue weighted by Gasteiger charge is 2.10. The zero-order valence-corrected chi connectivity index (χ0v) is 12.5. The van der Waals surface area contributed by atoms with Gasteiger partial charge in [0.15, 0.2) is 0 Å². The molecule has 0 saturated carbocycles. The number of aromatic hydroxyl groups is 1. The number of phenolic OH excluding ortho intramolecular Hbond substituents is 1. The number of non-ortho nitro benzene ring substituents is 1. The van der Waals surface area contributed by atoms with Crippen LogP contribution in [0.25, 0.3) is 6.08 Å². The highest BCUT2D eigenvalue weighted by Crippen LogP contribution is 2.22. The smallest absolute Gasteiger partial charge is 0.270 e. The lowest BCUT2D eigenvalue weighted by atomic mass is 10.1. The van der Waals surface area contributed by atoms with E-state index in [1.54, 1.807) is 6.08 Å². The van der Waals surface area contributed by atoms with Gasteiger partial charge in [0.05, 0.1) is 4.92 Å². The molecule has 6 heteroatoms. The van der Waals surface area contributed by atoms with Gasteiger partial charge < -0.3 is 10.4 Å². The Morgan fingerprint density at radius 2 is 2.09 bits per heavy atom. The molecule has 6 nitrogen and oxygen atoms in total. The van der Waals surface area contributed by atoms with E-state index in [2.05, 4.69) is 5.32 Å². The summed E-state index contributed by atoms with van der Waals surface area (Å²) in [6.07, 6.45) is 3.05. The van der Waals surface area contributed by atoms with Crippen LogP contribution in [0.2, 0.25) is 0 Å². The fraction of sp³-hybridized carbons (Fsp3) is 0.118. The molecule has 0 heterocycles. The van der Waals surface area contributed by atoms with E-state index in [1.165, 1.54) is 24.3 Å². The van der Waals surface area contributed by atoms with Crippen molar-refractivity contribution in [1.82, 2.24) is 5.32 Å². The maximum atomic E-state index is 11.8. The zero-order valence-electron chi connectivity index (χ0n) is 12.5. The van der Waals surface area contributed by atoms with Gasteiger partial charge >= 0.3 is 0 Å². The van der Waals surface area contributed by atoms with Crippen LogP contribution in [0.1, 0.15) is 16.7 Å². The molecule has 2 aromatic rings. The van der Waals surface area contributed by atoms with Crippen molar-refractivity contribution in [2.75, 3.05) is 0 Å². The molecule has 2 rings (SSSR count). The minimum absolute atomic E-state index is 0.00447. The highest BCUT2D eigenvalue weighted by atomic mass is 16.6. The van der Waals surface area contributed by atoms with Crippen LogP contribution in [0, 0.1) is 17.0 Å². The summed E-state index contributed by atoms with van der Waals surface area (Å²) in [5.41, 5.74) is 2.14. The van der Waals surface area contributed by atoms with Crippen LogP contribution < -0.4 is 5.32 Å². The third kappa shape index (κ3) is 4.67. The number of hydrogen-bond donors (Lipinski definition) is 2. The predicted molar refractivity (Wildman–Crippen MR) is 86.8 cm³/mol. The number of carbonyl (C=O) groups excluding carboxylic acids is 1. The van der Waals surface area contributed by atoms with Gasteiger partial charge in [-0.3, -0.25) is 14.9 Å². The van der Waals surface area contributed by atoms with Gasteiger partial charge in [0.25, 0.3) is 5.69 Å². The van der Waals surface area contributed by atoms with Gasteiger partial charge in [-0.15, -0.1) is 0 Å². The molecule has 118 valence electrons. The number of hydrogen-bond acceptors (Lipinski definition) is 4. The van der Waals surface area contributed by atoms with E-state index in [4.69, 9.17) is 0 Å². The Labute approximate surface area is 133 Å². The monoisotopic (exact) mass is 312 g/mol. The Bertz CT molecular complexity index is 769. The molecule has 2 N–H and O–H groups in total. The Hall–Kier alpha value is -3.15. The van der Waals surface area contributed by atoms with Gasteiger partial charge in [-0.1, -0.05) is 29.8 Å². The molecule has 0 aliphatic heterocycles. The van der Waals surface area contributed by atoms with E-state index < -0.39 is 4.92 Å². The number of nitro groups is 1. The standard InChI is InChI=1S/C17H16N2O4/c1-12-3-2-4-13(9-12)5-8-17(21)18-11-14-10-15(19(22)23)6-7-16(14)20/h2-10,20H,11H2,1H3,(H,18,21)/b8-5+. The summed E-state index contributed by atoms with van der Waals surface area (Å²) in [5, 5.41) is 23.0. The molecule has 1 amide bonds. The van der Waals surface area contributed by atoms with Crippen LogP contribution in [0.4, 0.5) is 5.69 Å². The molecule has 0 saturated heterocycles. The number of carbonyl (C=O) groups is 1. The number of nitrogens with one attached hydrogen (secondary N) is 1. The number of aryl methyl sites for hydroxylation is 1. The van der Waals surface area contributed by atoms with E-state index in [-0.39, 0.29) is 29.5 Å². The van der Waals surface area contributed by atoms with Crippen molar-refractivity contribution in [2.24, 2.45) is 0 Å². The largest absolute Gasteiger partial charge is 0.508 e. The molecule has 23 heavy (non-hydrogen) atoms. The zero-order chi connectivity index (χ0) is 16.8. The molecule has 0 radical (unpaired) electrons. The molecule has 0 fully saturated rings. The van der Waals surface area contributed by atoms with Crippen LogP contribution in [0.5, 0.6) is 5.75 Å². The van der Waals surface area contributed by atoms with Crippen molar-refractivity contribution in [1.29, 1.82) is 0 Å². The SMILES string of the molecule is Cc1cccc(/C=C/C(=O)NCc2cc([N+](=O)[O-])ccc2O)c1. The summed E-state index contributed by atoms with van der Waals surface area (Å²) >= 11 is 0. The van der Waals surface area contributed by atoms with Gasteiger partial charge in [-0.2, -0.15) is 0 Å². The van der Waals surface area contributed by atoms with Crippen molar-refractivity contribution in [3.63, 3.8) is 0 Å². The lowest BCUT2D eigenvalue weighted by Gasteiger charge is -2.05. The Balaban J connectivity index is 1.99. The van der Waals surface area contributed by atoms with E-state index in [1.807, 2.05) is 31.2 Å². The van der Waals surface area contributed by atoms with Crippen LogP contribution in [0.3, 0.4) is 0 Å². The third-order valence-electron chi connectivity index (χ3n) is 3.20. The van der Waals surface area contributed by atoms with Crippen LogP contribution in [-0.4, -0.2) is 15.9 Å². The third-order valence-corrected chi connectivity index (χ3v) is 3.20. The van der Waals surface area contributed by atoms with Crippen LogP contribution in [-0.2, 0) is 11.3 Å². The van der Waals surface area contributed by atoms with Crippen molar-refractivity contribution >= 4 is 17.7 Å². The Morgan fingerprint density at radius 1 is 1.30 bits per heavy atom. The number of nitrogens with zero attached hydrogens (tertiary/aromatic N) is 1. The fourth-order valence-corrected chi connectivity index (χ4v) is 2.01. The summed E-state index contributed by atoms with van der Waals surface area (Å²) in [6.45, 7) is 1.97. The average Bonchev–Trinajstić information content (AvgIpc) is 2.52. The van der Waals surface area contributed by atoms with Gasteiger partial charge in [0, 0.05) is 30.3 Å². The van der Waals surface area contributed by atoms with Crippen molar-refractivity contribution in [3.8, 4) is 5.75 Å². The van der Waals surface area contributed by atoms with E-state index in [0.717, 1.165) is 11.1 Å². The topological polar surface area (TPSA) is 92.5 Å². The minimum atomic E-state index is -0.553. The molecular weight excluding hydrogens is 296 g/mol. The predicted octanol–water partition coefficient (Wildman–Crippen LogP) is 2.94. The minimum Gasteiger partial charge on any atom is -0.508 e. The number of rotatable bonds is 5. The first-order valence-electron chi connectivity index (χ1n) is 6.94. The van der Waals surface area contributed by atoms with E-state index in [9.17, 15) is 20.0 Å². The second kappa shape index (κ2) is 7.22. The quantitative estimate of drug-likeness (QED) is 0.504. The van der Waals surface area contributed by atoms with Gasteiger partial charge in [0.2, 0.25) is 5.91 Å². The van der Waals surface area contributed by atoms with Crippen LogP contribution >= 0.6 is 0 Å². The summed E-state index contributed by atoms with van der Waals surface area (Å²) < 4.78 is 0. The second-order valence-corrected chi connectivity index (χ2v) is 5.04. The van der Waals surface area contributed by atoms with Crippen molar-refractivity contribution in [3.05, 3.63) is 75.3 Å². The molecule has 0 unspecified atom stereocenters. The van der Waals surface area contributed by atoms with E-state index in [0.29, 0.717) is 0 Å². The Kier molecular flexibility index (Phi) is 5.09. The number of nitro benzene ring substituents is 1. The molecule has 0 bridgehead atoms. The molecule has 2 aromatic carbocycles. The van der Waals surface area contributed by atoms with Crippen LogP contribution in [0.15, 0.2) is 48.5 Å². The summed E-state index contributed by atoms with van der Waals surface area (Å²) in [7, 11) is 0. The number of benzene rings is 2. The number of amides is 1. The average molecular weight is 312 g/mol. The molecule has 0 spiro atoms. The summed E-state index contributed by atoms with van der Waals surface area (Å²) in [5.74, 6) is -0.448. The summed E-state index contributed by atoms with van der Waals surface area (Å²) in [4.78, 5) is 22.0. The lowest BCUT2D eigenvalue weighted by Crippen LogP contribution is -2.20.